The van der Waals surface area contributed by atoms with Gasteiger partial charge in [-0.1, -0.05) is 41.9 Å². The largest absolute Gasteiger partial charge is 0.495 e. The molecule has 0 aliphatic heterocycles. The van der Waals surface area contributed by atoms with Gasteiger partial charge >= 0.3 is 0 Å². The second-order valence-electron chi connectivity index (χ2n) is 6.19. The molecule has 0 bridgehead atoms. The zero-order valence-electron chi connectivity index (χ0n) is 15.6. The number of hydrogen-bond donors (Lipinski definition) is 1. The number of ether oxygens (including phenoxy) is 1. The fourth-order valence-electron chi connectivity index (χ4n) is 2.78. The van der Waals surface area contributed by atoms with E-state index in [1.807, 2.05) is 37.3 Å². The molecular formula is C19H23ClN2O4S. The summed E-state index contributed by atoms with van der Waals surface area (Å²) >= 11 is 6.04. The lowest BCUT2D eigenvalue weighted by Gasteiger charge is -2.30. The first-order valence-electron chi connectivity index (χ1n) is 8.33. The number of hydrogen-bond acceptors (Lipinski definition) is 4. The number of methoxy groups -OCH3 is 1. The molecule has 146 valence electrons. The molecule has 0 aromatic heterocycles. The van der Waals surface area contributed by atoms with Gasteiger partial charge in [0.1, 0.15) is 11.8 Å². The minimum absolute atomic E-state index is 0.211. The number of sulfonamides is 1. The second-order valence-corrected chi connectivity index (χ2v) is 8.49. The Labute approximate surface area is 165 Å². The highest BCUT2D eigenvalue weighted by atomic mass is 35.5. The highest BCUT2D eigenvalue weighted by Gasteiger charge is 2.32. The summed E-state index contributed by atoms with van der Waals surface area (Å²) in [6.07, 6.45) is 1.04. The minimum Gasteiger partial charge on any atom is -0.495 e. The summed E-state index contributed by atoms with van der Waals surface area (Å²) in [5, 5.41) is 3.19. The third-order valence-corrected chi connectivity index (χ3v) is 5.59. The molecule has 0 unspecified atom stereocenters. The van der Waals surface area contributed by atoms with Crippen LogP contribution in [0.4, 0.5) is 5.69 Å². The summed E-state index contributed by atoms with van der Waals surface area (Å²) in [6, 6.07) is 12.8. The standard InChI is InChI=1S/C19H23ClN2O4S/c1-13(15-8-6-5-7-9-15)21-19(23)14(2)22(27(4,24)25)17-12-16(20)10-11-18(17)26-3/h5-14H,1-4H3,(H,21,23)/t13-,14-/m0/s1. The Morgan fingerprint density at radius 3 is 2.33 bits per heavy atom. The van der Waals surface area contributed by atoms with Gasteiger partial charge in [-0.25, -0.2) is 8.42 Å². The van der Waals surface area contributed by atoms with Gasteiger partial charge in [0.15, 0.2) is 0 Å². The number of rotatable bonds is 7. The molecule has 0 aliphatic rings. The van der Waals surface area contributed by atoms with Crippen molar-refractivity contribution < 1.29 is 17.9 Å². The molecule has 6 nitrogen and oxygen atoms in total. The van der Waals surface area contributed by atoms with Gasteiger partial charge in [-0.05, 0) is 37.6 Å². The highest BCUT2D eigenvalue weighted by Crippen LogP contribution is 2.34. The summed E-state index contributed by atoms with van der Waals surface area (Å²) in [6.45, 7) is 3.36. The lowest BCUT2D eigenvalue weighted by Crippen LogP contribution is -2.48. The average Bonchev–Trinajstić information content (AvgIpc) is 2.61. The van der Waals surface area contributed by atoms with Crippen LogP contribution in [0.3, 0.4) is 0 Å². The fraction of sp³-hybridized carbons (Fsp3) is 0.316. The molecule has 2 aromatic rings. The van der Waals surface area contributed by atoms with Gasteiger partial charge in [-0.2, -0.15) is 0 Å². The van der Waals surface area contributed by atoms with Crippen molar-refractivity contribution in [1.82, 2.24) is 5.32 Å². The molecule has 1 amide bonds. The van der Waals surface area contributed by atoms with E-state index in [0.717, 1.165) is 16.1 Å². The number of anilines is 1. The van der Waals surface area contributed by atoms with Crippen LogP contribution in [-0.4, -0.2) is 33.7 Å². The smallest absolute Gasteiger partial charge is 0.244 e. The Balaban J connectivity index is 2.35. The van der Waals surface area contributed by atoms with Crippen LogP contribution in [-0.2, 0) is 14.8 Å². The molecule has 0 spiro atoms. The van der Waals surface area contributed by atoms with Crippen molar-refractivity contribution in [2.75, 3.05) is 17.7 Å². The van der Waals surface area contributed by atoms with E-state index in [1.54, 1.807) is 12.1 Å². The lowest BCUT2D eigenvalue weighted by atomic mass is 10.1. The van der Waals surface area contributed by atoms with Gasteiger partial charge in [-0.15, -0.1) is 0 Å². The molecule has 2 rings (SSSR count). The Morgan fingerprint density at radius 2 is 1.78 bits per heavy atom. The van der Waals surface area contributed by atoms with E-state index in [4.69, 9.17) is 16.3 Å². The molecule has 0 saturated heterocycles. The van der Waals surface area contributed by atoms with Crippen molar-refractivity contribution in [2.24, 2.45) is 0 Å². The van der Waals surface area contributed by atoms with Gasteiger partial charge in [0, 0.05) is 5.02 Å². The van der Waals surface area contributed by atoms with Crippen molar-refractivity contribution >= 4 is 33.2 Å². The molecular weight excluding hydrogens is 388 g/mol. The molecule has 8 heteroatoms. The van der Waals surface area contributed by atoms with Crippen molar-refractivity contribution in [3.63, 3.8) is 0 Å². The minimum atomic E-state index is -3.78. The predicted molar refractivity (Wildman–Crippen MR) is 108 cm³/mol. The van der Waals surface area contributed by atoms with Gasteiger partial charge in [0.25, 0.3) is 0 Å². The van der Waals surface area contributed by atoms with E-state index in [9.17, 15) is 13.2 Å². The van der Waals surface area contributed by atoms with Crippen molar-refractivity contribution in [3.8, 4) is 5.75 Å². The molecule has 0 heterocycles. The van der Waals surface area contributed by atoms with E-state index in [-0.39, 0.29) is 11.7 Å². The zero-order valence-corrected chi connectivity index (χ0v) is 17.2. The first-order valence-corrected chi connectivity index (χ1v) is 10.6. The third-order valence-electron chi connectivity index (χ3n) is 4.13. The van der Waals surface area contributed by atoms with Gasteiger partial charge in [0.2, 0.25) is 15.9 Å². The third kappa shape index (κ3) is 5.14. The quantitative estimate of drug-likeness (QED) is 0.759. The van der Waals surface area contributed by atoms with Crippen LogP contribution in [0, 0.1) is 0 Å². The maximum absolute atomic E-state index is 12.8. The first-order chi connectivity index (χ1) is 12.6. The SMILES string of the molecule is COc1ccc(Cl)cc1N([C@@H](C)C(=O)N[C@@H](C)c1ccccc1)S(C)(=O)=O. The van der Waals surface area contributed by atoms with E-state index in [2.05, 4.69) is 5.32 Å². The van der Waals surface area contributed by atoms with Gasteiger partial charge in [0.05, 0.1) is 25.1 Å². The summed E-state index contributed by atoms with van der Waals surface area (Å²) in [5.41, 5.74) is 1.13. The highest BCUT2D eigenvalue weighted by molar-refractivity contribution is 7.92. The molecule has 2 aromatic carbocycles. The molecule has 0 aliphatic carbocycles. The summed E-state index contributed by atoms with van der Waals surface area (Å²) < 4.78 is 31.2. The molecule has 1 N–H and O–H groups in total. The van der Waals surface area contributed by atoms with Crippen LogP contribution in [0.5, 0.6) is 5.75 Å². The summed E-state index contributed by atoms with van der Waals surface area (Å²) in [7, 11) is -2.35. The number of carbonyl (C=O) groups excluding carboxylic acids is 1. The maximum atomic E-state index is 12.8. The number of amides is 1. The predicted octanol–water partition coefficient (Wildman–Crippen LogP) is 3.38. The fourth-order valence-corrected chi connectivity index (χ4v) is 4.11. The topological polar surface area (TPSA) is 75.7 Å². The van der Waals surface area contributed by atoms with E-state index >= 15 is 0 Å². The van der Waals surface area contributed by atoms with E-state index in [1.165, 1.54) is 20.1 Å². The molecule has 0 saturated carbocycles. The van der Waals surface area contributed by atoms with Gasteiger partial charge in [-0.3, -0.25) is 9.10 Å². The second kappa shape index (κ2) is 8.63. The molecule has 2 atom stereocenters. The van der Waals surface area contributed by atoms with Gasteiger partial charge < -0.3 is 10.1 Å². The van der Waals surface area contributed by atoms with Crippen LogP contribution in [0.15, 0.2) is 48.5 Å². The van der Waals surface area contributed by atoms with Crippen LogP contribution >= 0.6 is 11.6 Å². The first kappa shape index (κ1) is 21.1. The molecule has 0 fully saturated rings. The van der Waals surface area contributed by atoms with Crippen LogP contribution in [0.25, 0.3) is 0 Å². The normalized spacial score (nSPS) is 13.5. The monoisotopic (exact) mass is 410 g/mol. The zero-order chi connectivity index (χ0) is 20.2. The number of halogens is 1. The number of nitrogens with zero attached hydrogens (tertiary/aromatic N) is 1. The average molecular weight is 411 g/mol. The van der Waals surface area contributed by atoms with Crippen molar-refractivity contribution in [2.45, 2.75) is 25.9 Å². The van der Waals surface area contributed by atoms with Crippen molar-refractivity contribution in [3.05, 3.63) is 59.1 Å². The van der Waals surface area contributed by atoms with Crippen LogP contribution < -0.4 is 14.4 Å². The lowest BCUT2D eigenvalue weighted by molar-refractivity contribution is -0.122. The number of carbonyl (C=O) groups is 1. The van der Waals surface area contributed by atoms with E-state index in [0.29, 0.717) is 10.8 Å². The molecule has 0 radical (unpaired) electrons. The Bertz CT molecular complexity index is 903. The number of nitrogens with one attached hydrogen (secondary N) is 1. The van der Waals surface area contributed by atoms with Crippen LogP contribution in [0.2, 0.25) is 5.02 Å². The molecule has 27 heavy (non-hydrogen) atoms. The summed E-state index contributed by atoms with van der Waals surface area (Å²) in [4.78, 5) is 12.8. The number of benzene rings is 2. The Hall–Kier alpha value is -2.25. The Kier molecular flexibility index (Phi) is 6.73. The van der Waals surface area contributed by atoms with E-state index < -0.39 is 22.0 Å². The Morgan fingerprint density at radius 1 is 1.15 bits per heavy atom. The summed E-state index contributed by atoms with van der Waals surface area (Å²) in [5.74, 6) is -0.126. The van der Waals surface area contributed by atoms with Crippen LogP contribution in [0.1, 0.15) is 25.5 Å². The maximum Gasteiger partial charge on any atom is 0.244 e. The van der Waals surface area contributed by atoms with Crippen molar-refractivity contribution in [1.29, 1.82) is 0 Å².